The lowest BCUT2D eigenvalue weighted by atomic mass is 10.00. The standard InChI is InChI=1S/C48H93NO5/c1-3-5-7-9-11-13-15-16-17-18-19-20-21-22-23-24-25-26-27-28-29-30-32-34-36-38-40-42-46(52)48(54)49-44(43-50)47(53)45(51)41-39-37-35-33-31-14-12-10-8-6-4-2/h10,12,33,35,44-47,50-53H,3-9,11,13-32,34,36-43H2,1-2H3,(H,49,54)/b12-10+,35-33+. The first-order chi connectivity index (χ1) is 26.5. The summed E-state index contributed by atoms with van der Waals surface area (Å²) < 4.78 is 0. The zero-order valence-electron chi connectivity index (χ0n) is 36.0. The highest BCUT2D eigenvalue weighted by Crippen LogP contribution is 2.17. The van der Waals surface area contributed by atoms with Crippen molar-refractivity contribution in [2.24, 2.45) is 0 Å². The average molecular weight is 764 g/mol. The second-order valence-electron chi connectivity index (χ2n) is 16.4. The minimum atomic E-state index is -1.29. The molecule has 0 saturated heterocycles. The summed E-state index contributed by atoms with van der Waals surface area (Å²) in [6.45, 7) is 3.99. The van der Waals surface area contributed by atoms with Crippen molar-refractivity contribution in [2.45, 2.75) is 269 Å². The van der Waals surface area contributed by atoms with Gasteiger partial charge >= 0.3 is 0 Å². The van der Waals surface area contributed by atoms with Gasteiger partial charge in [0.25, 0.3) is 0 Å². The normalized spacial score (nSPS) is 14.3. The number of unbranched alkanes of at least 4 members (excludes halogenated alkanes) is 30. The molecule has 0 radical (unpaired) electrons. The molecule has 6 nitrogen and oxygen atoms in total. The van der Waals surface area contributed by atoms with E-state index in [0.717, 1.165) is 44.9 Å². The van der Waals surface area contributed by atoms with Gasteiger partial charge in [-0.05, 0) is 44.9 Å². The molecule has 0 aromatic heterocycles. The summed E-state index contributed by atoms with van der Waals surface area (Å²) in [7, 11) is 0. The Balaban J connectivity index is 3.61. The van der Waals surface area contributed by atoms with Crippen LogP contribution in [0, 0.1) is 0 Å². The van der Waals surface area contributed by atoms with E-state index in [2.05, 4.69) is 43.5 Å². The molecule has 0 aliphatic rings. The van der Waals surface area contributed by atoms with E-state index in [1.807, 2.05) is 0 Å². The number of amides is 1. The van der Waals surface area contributed by atoms with Crippen LogP contribution >= 0.6 is 0 Å². The van der Waals surface area contributed by atoms with E-state index in [1.54, 1.807) is 0 Å². The first kappa shape index (κ1) is 52.8. The molecule has 0 bridgehead atoms. The van der Waals surface area contributed by atoms with Crippen LogP contribution in [0.15, 0.2) is 24.3 Å². The molecule has 0 fully saturated rings. The maximum absolute atomic E-state index is 12.5. The monoisotopic (exact) mass is 764 g/mol. The zero-order chi connectivity index (χ0) is 39.6. The van der Waals surface area contributed by atoms with Gasteiger partial charge in [-0.2, -0.15) is 0 Å². The van der Waals surface area contributed by atoms with Crippen molar-refractivity contribution in [3.05, 3.63) is 24.3 Å². The Kier molecular flexibility index (Phi) is 42.0. The number of carbonyl (C=O) groups is 1. The molecule has 0 rings (SSSR count). The zero-order valence-corrected chi connectivity index (χ0v) is 36.0. The molecular formula is C48H93NO5. The summed E-state index contributed by atoms with van der Waals surface area (Å²) in [6.07, 6.45) is 49.6. The molecule has 0 aromatic rings. The Morgan fingerprint density at radius 1 is 0.444 bits per heavy atom. The van der Waals surface area contributed by atoms with Crippen molar-refractivity contribution < 1.29 is 25.2 Å². The van der Waals surface area contributed by atoms with E-state index in [-0.39, 0.29) is 0 Å². The van der Waals surface area contributed by atoms with Gasteiger partial charge in [-0.1, -0.05) is 224 Å². The summed E-state index contributed by atoms with van der Waals surface area (Å²) in [6, 6.07) is -1.00. The SMILES string of the molecule is CCCC/C=C/CC/C=C/CCCC(O)C(O)C(CO)NC(=O)C(O)CCCCCCCCCCCCCCCCCCCCCCCCCCCCC. The lowest BCUT2D eigenvalue weighted by Crippen LogP contribution is -2.53. The van der Waals surface area contributed by atoms with Crippen LogP contribution in [-0.4, -0.2) is 57.3 Å². The quantitative estimate of drug-likeness (QED) is 0.0314. The maximum Gasteiger partial charge on any atom is 0.249 e. The van der Waals surface area contributed by atoms with E-state index in [0.29, 0.717) is 19.3 Å². The van der Waals surface area contributed by atoms with E-state index >= 15 is 0 Å². The smallest absolute Gasteiger partial charge is 0.249 e. The van der Waals surface area contributed by atoms with Crippen LogP contribution in [0.4, 0.5) is 0 Å². The predicted octanol–water partition coefficient (Wildman–Crippen LogP) is 12.7. The first-order valence-corrected chi connectivity index (χ1v) is 23.7. The third kappa shape index (κ3) is 36.4. The molecule has 6 heteroatoms. The number of aliphatic hydroxyl groups is 4. The molecule has 5 N–H and O–H groups in total. The van der Waals surface area contributed by atoms with Crippen LogP contribution in [0.1, 0.15) is 245 Å². The average Bonchev–Trinajstić information content (AvgIpc) is 3.18. The summed E-state index contributed by atoms with van der Waals surface area (Å²) in [5.74, 6) is -0.596. The van der Waals surface area contributed by atoms with Crippen LogP contribution in [0.5, 0.6) is 0 Å². The molecule has 0 aliphatic carbocycles. The Morgan fingerprint density at radius 3 is 1.15 bits per heavy atom. The lowest BCUT2D eigenvalue weighted by molar-refractivity contribution is -0.132. The topological polar surface area (TPSA) is 110 Å². The predicted molar refractivity (Wildman–Crippen MR) is 233 cm³/mol. The molecule has 4 atom stereocenters. The van der Waals surface area contributed by atoms with Crippen molar-refractivity contribution >= 4 is 5.91 Å². The van der Waals surface area contributed by atoms with Crippen LogP contribution in [-0.2, 0) is 4.79 Å². The molecule has 320 valence electrons. The summed E-state index contributed by atoms with van der Waals surface area (Å²) in [5, 5.41) is 43.6. The van der Waals surface area contributed by atoms with Gasteiger partial charge < -0.3 is 25.7 Å². The summed E-state index contributed by atoms with van der Waals surface area (Å²) in [4.78, 5) is 12.5. The lowest BCUT2D eigenvalue weighted by Gasteiger charge is -2.27. The van der Waals surface area contributed by atoms with Crippen LogP contribution < -0.4 is 5.32 Å². The molecule has 0 heterocycles. The van der Waals surface area contributed by atoms with Crippen molar-refractivity contribution in [1.29, 1.82) is 0 Å². The van der Waals surface area contributed by atoms with Crippen molar-refractivity contribution in [1.82, 2.24) is 5.32 Å². The van der Waals surface area contributed by atoms with Crippen LogP contribution in [0.3, 0.4) is 0 Å². The number of allylic oxidation sites excluding steroid dienone is 4. The minimum Gasteiger partial charge on any atom is -0.394 e. The van der Waals surface area contributed by atoms with Gasteiger partial charge in [-0.15, -0.1) is 0 Å². The third-order valence-corrected chi connectivity index (χ3v) is 11.1. The fourth-order valence-electron chi connectivity index (χ4n) is 7.35. The second kappa shape index (κ2) is 42.9. The Bertz CT molecular complexity index is 817. The number of nitrogens with one attached hydrogen (secondary N) is 1. The van der Waals surface area contributed by atoms with E-state index in [9.17, 15) is 25.2 Å². The largest absolute Gasteiger partial charge is 0.394 e. The highest BCUT2D eigenvalue weighted by Gasteiger charge is 2.28. The number of aliphatic hydroxyl groups excluding tert-OH is 4. The van der Waals surface area contributed by atoms with Gasteiger partial charge in [0, 0.05) is 0 Å². The van der Waals surface area contributed by atoms with Gasteiger partial charge in [-0.3, -0.25) is 4.79 Å². The second-order valence-corrected chi connectivity index (χ2v) is 16.4. The van der Waals surface area contributed by atoms with Crippen LogP contribution in [0.2, 0.25) is 0 Å². The van der Waals surface area contributed by atoms with Crippen molar-refractivity contribution in [2.75, 3.05) is 6.61 Å². The van der Waals surface area contributed by atoms with E-state index in [1.165, 1.54) is 167 Å². The fraction of sp³-hybridized carbons (Fsp3) is 0.896. The van der Waals surface area contributed by atoms with Gasteiger partial charge in [0.2, 0.25) is 5.91 Å². The van der Waals surface area contributed by atoms with E-state index < -0.39 is 36.9 Å². The molecular weight excluding hydrogens is 671 g/mol. The number of hydrogen-bond donors (Lipinski definition) is 5. The number of carbonyl (C=O) groups excluding carboxylic acids is 1. The van der Waals surface area contributed by atoms with E-state index in [4.69, 9.17) is 0 Å². The maximum atomic E-state index is 12.5. The molecule has 54 heavy (non-hydrogen) atoms. The highest BCUT2D eigenvalue weighted by atomic mass is 16.3. The van der Waals surface area contributed by atoms with Gasteiger partial charge in [0.15, 0.2) is 0 Å². The van der Waals surface area contributed by atoms with Crippen molar-refractivity contribution in [3.8, 4) is 0 Å². The van der Waals surface area contributed by atoms with Gasteiger partial charge in [-0.25, -0.2) is 0 Å². The van der Waals surface area contributed by atoms with Gasteiger partial charge in [0.1, 0.15) is 12.2 Å². The number of hydrogen-bond acceptors (Lipinski definition) is 5. The summed E-state index contributed by atoms with van der Waals surface area (Å²) in [5.41, 5.74) is 0. The molecule has 0 spiro atoms. The summed E-state index contributed by atoms with van der Waals surface area (Å²) >= 11 is 0. The molecule has 4 unspecified atom stereocenters. The Hall–Kier alpha value is -1.21. The van der Waals surface area contributed by atoms with Gasteiger partial charge in [0.05, 0.1) is 18.8 Å². The minimum absolute atomic E-state index is 0.364. The highest BCUT2D eigenvalue weighted by molar-refractivity contribution is 5.80. The first-order valence-electron chi connectivity index (χ1n) is 23.7. The Labute approximate surface area is 335 Å². The molecule has 0 saturated carbocycles. The molecule has 0 aromatic carbocycles. The number of rotatable bonds is 43. The van der Waals surface area contributed by atoms with Crippen LogP contribution in [0.25, 0.3) is 0 Å². The molecule has 1 amide bonds. The Morgan fingerprint density at radius 2 is 0.778 bits per heavy atom. The van der Waals surface area contributed by atoms with Crippen molar-refractivity contribution in [3.63, 3.8) is 0 Å². The molecule has 0 aliphatic heterocycles. The third-order valence-electron chi connectivity index (χ3n) is 11.1. The fourth-order valence-corrected chi connectivity index (χ4v) is 7.35.